The third kappa shape index (κ3) is 3.84. The summed E-state index contributed by atoms with van der Waals surface area (Å²) in [5, 5.41) is 2.92. The molecule has 1 atom stereocenters. The first-order valence-electron chi connectivity index (χ1n) is 6.98. The van der Waals surface area contributed by atoms with E-state index in [1.165, 1.54) is 0 Å². The van der Waals surface area contributed by atoms with Crippen LogP contribution in [-0.4, -0.2) is 44.0 Å². The number of aromatic amines is 1. The quantitative estimate of drug-likeness (QED) is 0.878. The molecular weight excluding hydrogens is 268 g/mol. The first-order chi connectivity index (χ1) is 9.97. The molecule has 0 aromatic carbocycles. The van der Waals surface area contributed by atoms with Gasteiger partial charge in [-0.25, -0.2) is 14.8 Å². The van der Waals surface area contributed by atoms with E-state index in [2.05, 4.69) is 20.3 Å². The molecule has 0 aliphatic heterocycles. The van der Waals surface area contributed by atoms with Gasteiger partial charge in [0.1, 0.15) is 11.6 Å². The average Bonchev–Trinajstić information content (AvgIpc) is 3.04. The lowest BCUT2D eigenvalue weighted by Crippen LogP contribution is -2.40. The van der Waals surface area contributed by atoms with Crippen LogP contribution in [-0.2, 0) is 6.54 Å². The molecule has 0 saturated carbocycles. The molecule has 2 aromatic rings. The van der Waals surface area contributed by atoms with Crippen molar-refractivity contribution in [2.75, 3.05) is 13.6 Å². The van der Waals surface area contributed by atoms with Crippen LogP contribution in [0.2, 0.25) is 0 Å². The third-order valence-corrected chi connectivity index (χ3v) is 3.42. The summed E-state index contributed by atoms with van der Waals surface area (Å²) >= 11 is 0. The Bertz CT molecular complexity index is 602. The Kier molecular flexibility index (Phi) is 4.62. The second kappa shape index (κ2) is 6.43. The van der Waals surface area contributed by atoms with Gasteiger partial charge in [-0.1, -0.05) is 0 Å². The van der Waals surface area contributed by atoms with Gasteiger partial charge in [0, 0.05) is 44.4 Å². The average molecular weight is 290 g/mol. The monoisotopic (exact) mass is 290 g/mol. The number of carbonyl (C=O) groups excluding carboxylic acids is 1. The molecule has 2 rings (SSSR count). The van der Waals surface area contributed by atoms with Crippen molar-refractivity contribution in [1.82, 2.24) is 29.7 Å². The Morgan fingerprint density at radius 3 is 2.81 bits per heavy atom. The van der Waals surface area contributed by atoms with Gasteiger partial charge in [0.05, 0.1) is 6.04 Å². The van der Waals surface area contributed by atoms with Crippen molar-refractivity contribution >= 4 is 6.03 Å². The van der Waals surface area contributed by atoms with E-state index in [-0.39, 0.29) is 12.1 Å². The maximum absolute atomic E-state index is 12.1. The second-order valence-corrected chi connectivity index (χ2v) is 5.21. The highest BCUT2D eigenvalue weighted by Crippen LogP contribution is 2.08. The summed E-state index contributed by atoms with van der Waals surface area (Å²) in [6, 6.07) is -0.266. The molecule has 114 valence electrons. The number of hydrogen-bond acceptors (Lipinski definition) is 3. The number of rotatable bonds is 5. The third-order valence-electron chi connectivity index (χ3n) is 3.42. The molecule has 2 heterocycles. The Morgan fingerprint density at radius 1 is 1.48 bits per heavy atom. The SMILES string of the molecule is Cc1cnc([C@@H](C)NC(=O)N(C)CCn2ccnc2C)[nH]1. The zero-order chi connectivity index (χ0) is 15.4. The molecular formula is C14H22N6O. The number of nitrogens with zero attached hydrogens (tertiary/aromatic N) is 4. The maximum atomic E-state index is 12.1. The molecule has 7 heteroatoms. The number of hydrogen-bond donors (Lipinski definition) is 2. The van der Waals surface area contributed by atoms with Crippen molar-refractivity contribution in [3.63, 3.8) is 0 Å². The lowest BCUT2D eigenvalue weighted by atomic mass is 10.3. The van der Waals surface area contributed by atoms with Crippen molar-refractivity contribution < 1.29 is 4.79 Å². The molecule has 0 fully saturated rings. The van der Waals surface area contributed by atoms with Crippen molar-refractivity contribution in [1.29, 1.82) is 0 Å². The van der Waals surface area contributed by atoms with Crippen molar-refractivity contribution in [3.05, 3.63) is 35.9 Å². The minimum Gasteiger partial charge on any atom is -0.344 e. The van der Waals surface area contributed by atoms with Crippen LogP contribution >= 0.6 is 0 Å². The summed E-state index contributed by atoms with van der Waals surface area (Å²) < 4.78 is 2.02. The van der Waals surface area contributed by atoms with Crippen LogP contribution in [0.15, 0.2) is 18.6 Å². The fraction of sp³-hybridized carbons (Fsp3) is 0.500. The van der Waals surface area contributed by atoms with Gasteiger partial charge in [0.25, 0.3) is 0 Å². The van der Waals surface area contributed by atoms with Crippen LogP contribution in [0, 0.1) is 13.8 Å². The van der Waals surface area contributed by atoms with E-state index < -0.39 is 0 Å². The highest BCUT2D eigenvalue weighted by molar-refractivity contribution is 5.74. The van der Waals surface area contributed by atoms with E-state index in [0.717, 1.165) is 23.9 Å². The van der Waals surface area contributed by atoms with Gasteiger partial charge in [-0.15, -0.1) is 0 Å². The van der Waals surface area contributed by atoms with Crippen molar-refractivity contribution in [2.24, 2.45) is 0 Å². The Labute approximate surface area is 124 Å². The molecule has 2 aromatic heterocycles. The number of carbonyl (C=O) groups is 1. The molecule has 21 heavy (non-hydrogen) atoms. The minimum absolute atomic E-state index is 0.116. The first kappa shape index (κ1) is 15.1. The van der Waals surface area contributed by atoms with Gasteiger partial charge in [-0.05, 0) is 20.8 Å². The second-order valence-electron chi connectivity index (χ2n) is 5.21. The Morgan fingerprint density at radius 2 is 2.24 bits per heavy atom. The molecule has 2 amide bonds. The van der Waals surface area contributed by atoms with E-state index in [4.69, 9.17) is 0 Å². The molecule has 0 radical (unpaired) electrons. The number of urea groups is 1. The van der Waals surface area contributed by atoms with Crippen LogP contribution in [0.25, 0.3) is 0 Å². The van der Waals surface area contributed by atoms with Crippen LogP contribution in [0.3, 0.4) is 0 Å². The molecule has 0 unspecified atom stereocenters. The van der Waals surface area contributed by atoms with Crippen molar-refractivity contribution in [2.45, 2.75) is 33.4 Å². The highest BCUT2D eigenvalue weighted by atomic mass is 16.2. The van der Waals surface area contributed by atoms with E-state index in [1.54, 1.807) is 24.3 Å². The highest BCUT2D eigenvalue weighted by Gasteiger charge is 2.15. The number of aromatic nitrogens is 4. The standard InChI is InChI=1S/C14H22N6O/c1-10-9-16-13(17-10)11(2)18-14(21)19(4)7-8-20-6-5-15-12(20)3/h5-6,9,11H,7-8H2,1-4H3,(H,16,17)(H,18,21)/t11-/m1/s1. The fourth-order valence-corrected chi connectivity index (χ4v) is 2.02. The van der Waals surface area contributed by atoms with Gasteiger partial charge in [-0.2, -0.15) is 0 Å². The van der Waals surface area contributed by atoms with E-state index in [0.29, 0.717) is 6.54 Å². The maximum Gasteiger partial charge on any atom is 0.317 e. The van der Waals surface area contributed by atoms with E-state index in [1.807, 2.05) is 31.5 Å². The number of H-pyrrole nitrogens is 1. The molecule has 0 aliphatic carbocycles. The summed E-state index contributed by atoms with van der Waals surface area (Å²) in [4.78, 5) is 25.3. The van der Waals surface area contributed by atoms with E-state index in [9.17, 15) is 4.79 Å². The molecule has 0 aliphatic rings. The smallest absolute Gasteiger partial charge is 0.317 e. The minimum atomic E-state index is -0.149. The number of imidazole rings is 2. The lowest BCUT2D eigenvalue weighted by Gasteiger charge is -2.21. The Balaban J connectivity index is 1.83. The number of likely N-dealkylation sites (N-methyl/N-ethyl adjacent to an activating group) is 1. The van der Waals surface area contributed by atoms with Crippen LogP contribution in [0.1, 0.15) is 30.3 Å². The van der Waals surface area contributed by atoms with Crippen LogP contribution in [0.5, 0.6) is 0 Å². The summed E-state index contributed by atoms with van der Waals surface area (Å²) in [7, 11) is 1.78. The topological polar surface area (TPSA) is 78.8 Å². The fourth-order valence-electron chi connectivity index (χ4n) is 2.02. The van der Waals surface area contributed by atoms with Gasteiger partial charge in [0.15, 0.2) is 0 Å². The van der Waals surface area contributed by atoms with Gasteiger partial charge in [-0.3, -0.25) is 0 Å². The van der Waals surface area contributed by atoms with E-state index >= 15 is 0 Å². The van der Waals surface area contributed by atoms with Crippen LogP contribution < -0.4 is 5.32 Å². The number of nitrogens with one attached hydrogen (secondary N) is 2. The zero-order valence-electron chi connectivity index (χ0n) is 12.9. The molecule has 7 nitrogen and oxygen atoms in total. The molecule has 2 N–H and O–H groups in total. The lowest BCUT2D eigenvalue weighted by molar-refractivity contribution is 0.203. The normalized spacial score (nSPS) is 12.2. The van der Waals surface area contributed by atoms with Gasteiger partial charge in [0.2, 0.25) is 0 Å². The summed E-state index contributed by atoms with van der Waals surface area (Å²) in [6.45, 7) is 7.13. The first-order valence-corrected chi connectivity index (χ1v) is 6.98. The Hall–Kier alpha value is -2.31. The predicted molar refractivity (Wildman–Crippen MR) is 79.9 cm³/mol. The summed E-state index contributed by atoms with van der Waals surface area (Å²) in [6.07, 6.45) is 5.43. The van der Waals surface area contributed by atoms with Crippen LogP contribution in [0.4, 0.5) is 4.79 Å². The molecule has 0 spiro atoms. The van der Waals surface area contributed by atoms with Gasteiger partial charge >= 0.3 is 6.03 Å². The zero-order valence-corrected chi connectivity index (χ0v) is 12.9. The summed E-state index contributed by atoms with van der Waals surface area (Å²) in [5.41, 5.74) is 0.982. The van der Waals surface area contributed by atoms with Gasteiger partial charge < -0.3 is 19.8 Å². The molecule has 0 saturated heterocycles. The number of aryl methyl sites for hydroxylation is 2. The van der Waals surface area contributed by atoms with Crippen molar-refractivity contribution in [3.8, 4) is 0 Å². The largest absolute Gasteiger partial charge is 0.344 e. The molecule has 0 bridgehead atoms. The predicted octanol–water partition coefficient (Wildman–Crippen LogP) is 1.63. The summed E-state index contributed by atoms with van der Waals surface area (Å²) in [5.74, 6) is 1.71. The number of amides is 2.